The molecule has 0 fully saturated rings. The fraction of sp³-hybridized carbons (Fsp3) is 0.714. The predicted molar refractivity (Wildman–Crippen MR) is 84.7 cm³/mol. The van der Waals surface area contributed by atoms with Gasteiger partial charge in [-0.2, -0.15) is 5.10 Å². The van der Waals surface area contributed by atoms with Crippen molar-refractivity contribution in [2.75, 3.05) is 26.2 Å². The van der Waals surface area contributed by atoms with Crippen LogP contribution in [-0.2, 0) is 11.3 Å². The van der Waals surface area contributed by atoms with Crippen molar-refractivity contribution in [1.29, 1.82) is 0 Å². The smallest absolute Gasteiger partial charge is 0.221 e. The highest BCUT2D eigenvalue weighted by Crippen LogP contribution is 2.13. The van der Waals surface area contributed by atoms with E-state index in [1.165, 1.54) is 0 Å². The van der Waals surface area contributed by atoms with E-state index in [1.54, 1.807) is 4.68 Å². The first-order valence-electron chi connectivity index (χ1n) is 7.25. The topological polar surface area (TPSA) is 50.2 Å². The molecule has 0 bridgehead atoms. The average molecular weight is 345 g/mol. The van der Waals surface area contributed by atoms with Gasteiger partial charge in [0.05, 0.1) is 10.2 Å². The van der Waals surface area contributed by atoms with Gasteiger partial charge < -0.3 is 10.2 Å². The van der Waals surface area contributed by atoms with Crippen molar-refractivity contribution < 1.29 is 4.79 Å². The van der Waals surface area contributed by atoms with Gasteiger partial charge >= 0.3 is 0 Å². The molecule has 0 aliphatic rings. The van der Waals surface area contributed by atoms with Crippen molar-refractivity contribution in [3.05, 3.63) is 16.4 Å². The molecule has 1 N–H and O–H groups in total. The van der Waals surface area contributed by atoms with Crippen molar-refractivity contribution in [3.8, 4) is 0 Å². The lowest BCUT2D eigenvalue weighted by Gasteiger charge is -2.17. The molecule has 1 amide bonds. The molecule has 6 heteroatoms. The Morgan fingerprint density at radius 3 is 2.70 bits per heavy atom. The molecule has 0 radical (unpaired) electrons. The second-order valence-electron chi connectivity index (χ2n) is 4.81. The van der Waals surface area contributed by atoms with Gasteiger partial charge in [-0.1, -0.05) is 13.8 Å². The van der Waals surface area contributed by atoms with E-state index in [-0.39, 0.29) is 5.91 Å². The summed E-state index contributed by atoms with van der Waals surface area (Å²) in [5, 5.41) is 7.27. The van der Waals surface area contributed by atoms with Gasteiger partial charge in [-0.25, -0.2) is 0 Å². The van der Waals surface area contributed by atoms with Crippen LogP contribution in [-0.4, -0.2) is 46.8 Å². The summed E-state index contributed by atoms with van der Waals surface area (Å²) in [4.78, 5) is 14.1. The number of halogens is 1. The molecule has 5 nitrogen and oxygen atoms in total. The lowest BCUT2D eigenvalue weighted by Crippen LogP contribution is -2.30. The van der Waals surface area contributed by atoms with Crippen molar-refractivity contribution in [3.63, 3.8) is 0 Å². The Morgan fingerprint density at radius 1 is 1.45 bits per heavy atom. The zero-order valence-electron chi connectivity index (χ0n) is 12.7. The van der Waals surface area contributed by atoms with E-state index in [1.807, 2.05) is 13.1 Å². The minimum atomic E-state index is 0.0915. The third kappa shape index (κ3) is 6.05. The zero-order chi connectivity index (χ0) is 15.0. The summed E-state index contributed by atoms with van der Waals surface area (Å²) in [5.74, 6) is 0.0915. The van der Waals surface area contributed by atoms with Gasteiger partial charge in [0.1, 0.15) is 0 Å². The standard InChI is InChI=1S/C14H25BrN4O/c1-4-18(5-2)9-6-8-16-14(20)7-10-19-11-13(15)12(3)17-19/h11H,4-10H2,1-3H3,(H,16,20). The third-order valence-corrected chi connectivity index (χ3v) is 4.10. The maximum absolute atomic E-state index is 11.7. The largest absolute Gasteiger partial charge is 0.356 e. The molecule has 0 aromatic carbocycles. The van der Waals surface area contributed by atoms with E-state index in [4.69, 9.17) is 0 Å². The van der Waals surface area contributed by atoms with Crippen molar-refractivity contribution >= 4 is 21.8 Å². The summed E-state index contributed by atoms with van der Waals surface area (Å²) < 4.78 is 2.78. The summed E-state index contributed by atoms with van der Waals surface area (Å²) in [5.41, 5.74) is 0.949. The van der Waals surface area contributed by atoms with Crippen LogP contribution >= 0.6 is 15.9 Å². The average Bonchev–Trinajstić information content (AvgIpc) is 2.76. The lowest BCUT2D eigenvalue weighted by molar-refractivity contribution is -0.121. The van der Waals surface area contributed by atoms with E-state index in [0.717, 1.165) is 42.8 Å². The molecular weight excluding hydrogens is 320 g/mol. The Kier molecular flexibility index (Phi) is 7.84. The molecule has 0 atom stereocenters. The molecule has 20 heavy (non-hydrogen) atoms. The second-order valence-corrected chi connectivity index (χ2v) is 5.66. The van der Waals surface area contributed by atoms with Gasteiger partial charge in [0, 0.05) is 25.7 Å². The van der Waals surface area contributed by atoms with Crippen molar-refractivity contribution in [1.82, 2.24) is 20.0 Å². The summed E-state index contributed by atoms with van der Waals surface area (Å²) >= 11 is 3.41. The molecule has 0 aliphatic heterocycles. The van der Waals surface area contributed by atoms with Crippen LogP contribution in [0.4, 0.5) is 0 Å². The highest BCUT2D eigenvalue weighted by Gasteiger charge is 2.05. The molecule has 0 saturated heterocycles. The van der Waals surface area contributed by atoms with E-state index >= 15 is 0 Å². The number of amides is 1. The van der Waals surface area contributed by atoms with Crippen LogP contribution in [0.1, 0.15) is 32.4 Å². The fourth-order valence-corrected chi connectivity index (χ4v) is 2.30. The predicted octanol–water partition coefficient (Wildman–Crippen LogP) is 2.19. The van der Waals surface area contributed by atoms with E-state index in [0.29, 0.717) is 13.0 Å². The Labute approximate surface area is 129 Å². The molecule has 114 valence electrons. The number of rotatable bonds is 9. The Bertz CT molecular complexity index is 396. The lowest BCUT2D eigenvalue weighted by atomic mass is 10.3. The molecule has 1 aromatic heterocycles. The summed E-state index contributed by atoms with van der Waals surface area (Å²) in [6.45, 7) is 10.8. The monoisotopic (exact) mass is 344 g/mol. The number of aryl methyl sites for hydroxylation is 2. The highest BCUT2D eigenvalue weighted by molar-refractivity contribution is 9.10. The number of nitrogens with one attached hydrogen (secondary N) is 1. The number of hydrogen-bond donors (Lipinski definition) is 1. The molecular formula is C14H25BrN4O. The van der Waals surface area contributed by atoms with Crippen LogP contribution < -0.4 is 5.32 Å². The Hall–Kier alpha value is -0.880. The molecule has 1 rings (SSSR count). The van der Waals surface area contributed by atoms with Gasteiger partial charge in [-0.15, -0.1) is 0 Å². The van der Waals surface area contributed by atoms with Crippen molar-refractivity contribution in [2.45, 2.75) is 40.2 Å². The number of carbonyl (C=O) groups excluding carboxylic acids is 1. The fourth-order valence-electron chi connectivity index (χ4n) is 1.98. The minimum absolute atomic E-state index is 0.0915. The van der Waals surface area contributed by atoms with E-state index in [9.17, 15) is 4.79 Å². The van der Waals surface area contributed by atoms with Gasteiger partial charge in [0.25, 0.3) is 0 Å². The molecule has 1 heterocycles. The molecule has 0 aliphatic carbocycles. The number of nitrogens with zero attached hydrogens (tertiary/aromatic N) is 3. The highest BCUT2D eigenvalue weighted by atomic mass is 79.9. The van der Waals surface area contributed by atoms with E-state index in [2.05, 4.69) is 45.1 Å². The zero-order valence-corrected chi connectivity index (χ0v) is 14.2. The quantitative estimate of drug-likeness (QED) is 0.698. The van der Waals surface area contributed by atoms with Gasteiger partial charge in [0.2, 0.25) is 5.91 Å². The normalized spacial score (nSPS) is 11.1. The Morgan fingerprint density at radius 2 is 2.15 bits per heavy atom. The first-order valence-corrected chi connectivity index (χ1v) is 8.04. The second kappa shape index (κ2) is 9.13. The SMILES string of the molecule is CCN(CC)CCCNC(=O)CCn1cc(Br)c(C)n1. The molecule has 1 aromatic rings. The van der Waals surface area contributed by atoms with Crippen LogP contribution in [0.2, 0.25) is 0 Å². The summed E-state index contributed by atoms with van der Waals surface area (Å²) in [7, 11) is 0. The van der Waals surface area contributed by atoms with Gasteiger partial charge in [-0.3, -0.25) is 9.48 Å². The molecule has 0 spiro atoms. The third-order valence-electron chi connectivity index (χ3n) is 3.32. The Balaban J connectivity index is 2.14. The van der Waals surface area contributed by atoms with Crippen LogP contribution in [0, 0.1) is 6.92 Å². The van der Waals surface area contributed by atoms with Gasteiger partial charge in [0.15, 0.2) is 0 Å². The van der Waals surface area contributed by atoms with Gasteiger partial charge in [-0.05, 0) is 48.9 Å². The maximum atomic E-state index is 11.7. The van der Waals surface area contributed by atoms with Crippen LogP contribution in [0.25, 0.3) is 0 Å². The summed E-state index contributed by atoms with van der Waals surface area (Å²) in [6.07, 6.45) is 3.38. The maximum Gasteiger partial charge on any atom is 0.221 e. The molecule has 0 unspecified atom stereocenters. The van der Waals surface area contributed by atoms with Crippen LogP contribution in [0.5, 0.6) is 0 Å². The number of aromatic nitrogens is 2. The number of hydrogen-bond acceptors (Lipinski definition) is 3. The summed E-state index contributed by atoms with van der Waals surface area (Å²) in [6, 6.07) is 0. The first-order chi connectivity index (χ1) is 9.56. The number of carbonyl (C=O) groups is 1. The first kappa shape index (κ1) is 17.2. The van der Waals surface area contributed by atoms with Crippen molar-refractivity contribution in [2.24, 2.45) is 0 Å². The van der Waals surface area contributed by atoms with E-state index < -0.39 is 0 Å². The van der Waals surface area contributed by atoms with Crippen LogP contribution in [0.3, 0.4) is 0 Å². The minimum Gasteiger partial charge on any atom is -0.356 e. The molecule has 0 saturated carbocycles. The van der Waals surface area contributed by atoms with Crippen LogP contribution in [0.15, 0.2) is 10.7 Å².